The fourth-order valence-electron chi connectivity index (χ4n) is 8.06. The summed E-state index contributed by atoms with van der Waals surface area (Å²) in [7, 11) is 3.59. The molecule has 1 amide bonds. The lowest BCUT2D eigenvalue weighted by atomic mass is 9.80. The molecule has 3 aromatic heterocycles. The Morgan fingerprint density at radius 1 is 0.879 bits per heavy atom. The molecule has 350 valence electrons. The second kappa shape index (κ2) is 21.7. The van der Waals surface area contributed by atoms with Gasteiger partial charge in [-0.25, -0.2) is 14.6 Å². The first kappa shape index (κ1) is 48.2. The molecule has 1 aliphatic rings. The summed E-state index contributed by atoms with van der Waals surface area (Å²) in [5, 5.41) is 2.72. The number of benzene rings is 3. The van der Waals surface area contributed by atoms with E-state index >= 15 is 0 Å². The van der Waals surface area contributed by atoms with Gasteiger partial charge in [-0.3, -0.25) is 24.5 Å². The average molecular weight is 921 g/mol. The van der Waals surface area contributed by atoms with Crippen LogP contribution in [0.5, 0.6) is 11.5 Å². The van der Waals surface area contributed by atoms with Gasteiger partial charge in [0.25, 0.3) is 14.1 Å². The van der Waals surface area contributed by atoms with E-state index in [0.29, 0.717) is 31.1 Å². The summed E-state index contributed by atoms with van der Waals surface area (Å²) in [6, 6.07) is 31.8. The maximum absolute atomic E-state index is 13.3. The van der Waals surface area contributed by atoms with Gasteiger partial charge in [-0.15, -0.1) is 0 Å². The molecule has 1 unspecified atom stereocenters. The van der Waals surface area contributed by atoms with Crippen LogP contribution in [0.1, 0.15) is 70.9 Å². The van der Waals surface area contributed by atoms with E-state index in [4.69, 9.17) is 28.0 Å². The third-order valence-corrected chi connectivity index (χ3v) is 13.6. The van der Waals surface area contributed by atoms with Crippen molar-refractivity contribution in [1.29, 1.82) is 0 Å². The number of aromatic amines is 1. The Kier molecular flexibility index (Phi) is 15.9. The maximum atomic E-state index is 13.3. The molecule has 4 heterocycles. The minimum atomic E-state index is -1.68. The van der Waals surface area contributed by atoms with E-state index in [-0.39, 0.29) is 47.6 Å². The molecule has 1 fully saturated rings. The molecule has 0 saturated carbocycles. The lowest BCUT2D eigenvalue weighted by Crippen LogP contribution is -2.40. The van der Waals surface area contributed by atoms with Crippen molar-refractivity contribution in [3.63, 3.8) is 0 Å². The predicted molar refractivity (Wildman–Crippen MR) is 256 cm³/mol. The summed E-state index contributed by atoms with van der Waals surface area (Å²) in [6.07, 6.45) is 1.66. The van der Waals surface area contributed by atoms with E-state index in [1.54, 1.807) is 38.8 Å². The highest BCUT2D eigenvalue weighted by Crippen LogP contribution is 2.51. The third-order valence-electron chi connectivity index (χ3n) is 11.5. The van der Waals surface area contributed by atoms with Gasteiger partial charge in [0.2, 0.25) is 11.9 Å². The summed E-state index contributed by atoms with van der Waals surface area (Å²) < 4.78 is 43.6. The molecule has 1 saturated heterocycles. The van der Waals surface area contributed by atoms with Crippen LogP contribution >= 0.6 is 8.53 Å². The van der Waals surface area contributed by atoms with Crippen LogP contribution in [0.4, 0.5) is 11.8 Å². The number of rotatable bonds is 21. The third kappa shape index (κ3) is 10.8. The second-order valence-corrected chi connectivity index (χ2v) is 18.4. The fourth-order valence-corrected chi connectivity index (χ4v) is 9.81. The van der Waals surface area contributed by atoms with Crippen molar-refractivity contribution in [3.8, 4) is 11.5 Å². The maximum Gasteiger partial charge on any atom is 0.280 e. The van der Waals surface area contributed by atoms with E-state index in [1.165, 1.54) is 6.33 Å². The molecule has 1 aliphatic heterocycles. The van der Waals surface area contributed by atoms with Crippen molar-refractivity contribution in [2.24, 2.45) is 5.92 Å². The van der Waals surface area contributed by atoms with E-state index < -0.39 is 38.1 Å². The number of carbonyl (C=O) groups is 1. The highest BCUT2D eigenvalue weighted by molar-refractivity contribution is 7.44. The molecule has 3 aromatic carbocycles. The monoisotopic (exact) mass is 920 g/mol. The van der Waals surface area contributed by atoms with Crippen LogP contribution in [0.25, 0.3) is 11.2 Å². The number of likely N-dealkylation sites (N-methyl/N-ethyl adjacent to an activating group) is 1. The Labute approximate surface area is 387 Å². The first-order valence-corrected chi connectivity index (χ1v) is 23.4. The Morgan fingerprint density at radius 2 is 1.50 bits per heavy atom. The van der Waals surface area contributed by atoms with Gasteiger partial charge in [-0.1, -0.05) is 74.5 Å². The second-order valence-electron chi connectivity index (χ2n) is 17.0. The van der Waals surface area contributed by atoms with Gasteiger partial charge < -0.3 is 32.9 Å². The lowest BCUT2D eigenvalue weighted by molar-refractivity contribution is -0.118. The Balaban J connectivity index is 1.29. The largest absolute Gasteiger partial charge is 0.497 e. The Hall–Kier alpha value is -5.74. The van der Waals surface area contributed by atoms with Crippen molar-refractivity contribution < 1.29 is 32.8 Å². The van der Waals surface area contributed by atoms with Gasteiger partial charge in [0, 0.05) is 44.2 Å². The minimum absolute atomic E-state index is 0.0161. The number of methoxy groups -OCH3 is 2. The molecule has 0 aliphatic carbocycles. The molecular weight excluding hydrogens is 860 g/mol. The quantitative estimate of drug-likeness (QED) is 0.0523. The number of ether oxygens (including phenoxy) is 4. The number of hydrogen-bond acceptors (Lipinski definition) is 13. The molecule has 7 rings (SSSR count). The van der Waals surface area contributed by atoms with Crippen LogP contribution in [-0.2, 0) is 28.9 Å². The molecule has 4 atom stereocenters. The standard InChI is InChI=1S/C49H61N8O8P/c1-32(2)46(58)53-48-52-45-44(47(59)54-48)51-31-56(45)43-29-40(65-66(57(33(3)4)34(5)6)63-28-27-55(7)42-17-13-14-26-50-42)41(64-43)30-62-49(35-15-11-10-12-16-35,36-18-22-38(60-8)23-19-36)37-20-24-39(61-9)25-21-37/h10-26,31-34,40-41,43H,27-30H2,1-9H3,(H2,52,53,54,58,59)/t40-,41+,43+,66?/m0/s1. The van der Waals surface area contributed by atoms with Crippen molar-refractivity contribution >= 4 is 37.4 Å². The number of anilines is 2. The number of fused-ring (bicyclic) bond motifs is 1. The van der Waals surface area contributed by atoms with Crippen LogP contribution in [-0.4, -0.2) is 100 Å². The molecular formula is C49H61N8O8P. The van der Waals surface area contributed by atoms with Gasteiger partial charge in [-0.05, 0) is 80.8 Å². The van der Waals surface area contributed by atoms with Crippen molar-refractivity contribution in [2.45, 2.75) is 84.1 Å². The van der Waals surface area contributed by atoms with Gasteiger partial charge >= 0.3 is 0 Å². The number of H-pyrrole nitrogens is 1. The number of nitrogens with one attached hydrogen (secondary N) is 2. The zero-order valence-corrected chi connectivity index (χ0v) is 40.0. The molecule has 0 bridgehead atoms. The summed E-state index contributed by atoms with van der Waals surface area (Å²) in [5.74, 6) is 1.64. The van der Waals surface area contributed by atoms with Crippen LogP contribution in [0.2, 0.25) is 0 Å². The van der Waals surface area contributed by atoms with Crippen LogP contribution in [0.3, 0.4) is 0 Å². The molecule has 16 nitrogen and oxygen atoms in total. The summed E-state index contributed by atoms with van der Waals surface area (Å²) in [4.78, 5) is 44.4. The number of aromatic nitrogens is 5. The summed E-state index contributed by atoms with van der Waals surface area (Å²) in [5.41, 5.74) is 1.33. The number of amides is 1. The summed E-state index contributed by atoms with van der Waals surface area (Å²) in [6.45, 7) is 13.0. The Bertz CT molecular complexity index is 2490. The molecule has 2 N–H and O–H groups in total. The highest BCUT2D eigenvalue weighted by Gasteiger charge is 2.45. The first-order chi connectivity index (χ1) is 31.8. The van der Waals surface area contributed by atoms with Gasteiger partial charge in [0.05, 0.1) is 39.9 Å². The van der Waals surface area contributed by atoms with Crippen LogP contribution < -0.4 is 25.2 Å². The average Bonchev–Trinajstić information content (AvgIpc) is 3.94. The topological polar surface area (TPSA) is 167 Å². The molecule has 6 aromatic rings. The molecule has 0 spiro atoms. The molecule has 66 heavy (non-hydrogen) atoms. The number of hydrogen-bond donors (Lipinski definition) is 2. The summed E-state index contributed by atoms with van der Waals surface area (Å²) >= 11 is 0. The van der Waals surface area contributed by atoms with E-state index in [9.17, 15) is 9.59 Å². The number of imidazole rings is 1. The predicted octanol–water partition coefficient (Wildman–Crippen LogP) is 8.31. The van der Waals surface area contributed by atoms with E-state index in [2.05, 4.69) is 69.8 Å². The number of nitrogens with zero attached hydrogens (tertiary/aromatic N) is 6. The minimum Gasteiger partial charge on any atom is -0.497 e. The number of carbonyl (C=O) groups excluding carboxylic acids is 1. The molecule has 17 heteroatoms. The SMILES string of the molecule is COc1ccc(C(OC[C@H]2O[C@@H](n3cnc4c(=O)[nH]c(NC(=O)C(C)C)nc43)C[C@@H]2OP(OCCN(C)c2ccccn2)N(C(C)C)C(C)C)(c2ccccc2)c2ccc(OC)cc2)cc1. The van der Waals surface area contributed by atoms with Crippen molar-refractivity contribution in [1.82, 2.24) is 29.2 Å². The van der Waals surface area contributed by atoms with Crippen LogP contribution in [0.15, 0.2) is 114 Å². The lowest BCUT2D eigenvalue weighted by Gasteiger charge is -2.39. The van der Waals surface area contributed by atoms with E-state index in [1.807, 2.05) is 96.9 Å². The van der Waals surface area contributed by atoms with Crippen LogP contribution in [0, 0.1) is 5.92 Å². The number of pyridine rings is 1. The van der Waals surface area contributed by atoms with Gasteiger partial charge in [-0.2, -0.15) is 4.98 Å². The van der Waals surface area contributed by atoms with Crippen molar-refractivity contribution in [2.75, 3.05) is 51.2 Å². The first-order valence-electron chi connectivity index (χ1n) is 22.2. The Morgan fingerprint density at radius 3 is 2.08 bits per heavy atom. The van der Waals surface area contributed by atoms with Gasteiger partial charge in [0.15, 0.2) is 11.2 Å². The van der Waals surface area contributed by atoms with E-state index in [0.717, 1.165) is 22.5 Å². The zero-order chi connectivity index (χ0) is 47.0. The fraction of sp³-hybridized carbons (Fsp3) is 0.408. The molecule has 0 radical (unpaired) electrons. The van der Waals surface area contributed by atoms with Crippen molar-refractivity contribution in [3.05, 3.63) is 137 Å². The smallest absolute Gasteiger partial charge is 0.280 e. The highest BCUT2D eigenvalue weighted by atomic mass is 31.2. The zero-order valence-electron chi connectivity index (χ0n) is 39.1. The normalized spacial score (nSPS) is 17.0. The van der Waals surface area contributed by atoms with Gasteiger partial charge in [0.1, 0.15) is 35.2 Å².